The monoisotopic (exact) mass is 301 g/mol. The minimum absolute atomic E-state index is 0. The van der Waals surface area contributed by atoms with Gasteiger partial charge in [-0.15, -0.1) is 12.4 Å². The predicted octanol–water partition coefficient (Wildman–Crippen LogP) is 4.01. The zero-order valence-electron chi connectivity index (χ0n) is 9.37. The molecule has 0 saturated heterocycles. The lowest BCUT2D eigenvalue weighted by Crippen LogP contribution is -2.17. The molecule has 1 aromatic carbocycles. The summed E-state index contributed by atoms with van der Waals surface area (Å²) in [4.78, 5) is 0. The van der Waals surface area contributed by atoms with Crippen LogP contribution >= 0.6 is 28.3 Å². The van der Waals surface area contributed by atoms with Gasteiger partial charge in [0, 0.05) is 17.6 Å². The summed E-state index contributed by atoms with van der Waals surface area (Å²) in [7, 11) is 0. The van der Waals surface area contributed by atoms with Crippen molar-refractivity contribution in [1.29, 1.82) is 0 Å². The van der Waals surface area contributed by atoms with E-state index in [0.717, 1.165) is 17.6 Å². The van der Waals surface area contributed by atoms with Crippen molar-refractivity contribution in [1.82, 2.24) is 5.32 Å². The van der Waals surface area contributed by atoms with E-state index in [0.29, 0.717) is 0 Å². The van der Waals surface area contributed by atoms with E-state index < -0.39 is 0 Å². The quantitative estimate of drug-likeness (QED) is 0.866. The van der Waals surface area contributed by atoms with E-state index in [1.807, 2.05) is 18.2 Å². The molecule has 0 saturated carbocycles. The first-order chi connectivity index (χ1) is 7.18. The van der Waals surface area contributed by atoms with Gasteiger partial charge in [-0.1, -0.05) is 64.5 Å². The number of rotatable bonds is 5. The summed E-state index contributed by atoms with van der Waals surface area (Å²) in [5.41, 5.74) is 2.56. The van der Waals surface area contributed by atoms with Gasteiger partial charge >= 0.3 is 0 Å². The highest BCUT2D eigenvalue weighted by molar-refractivity contribution is 9.11. The number of halogens is 2. The first-order valence-electron chi connectivity index (χ1n) is 4.94. The lowest BCUT2D eigenvalue weighted by atomic mass is 10.1. The van der Waals surface area contributed by atoms with Crippen LogP contribution in [0.4, 0.5) is 0 Å². The summed E-state index contributed by atoms with van der Waals surface area (Å²) in [5.74, 6) is 0. The molecule has 0 aliphatic carbocycles. The Balaban J connectivity index is 0.00000225. The Morgan fingerprint density at radius 3 is 2.50 bits per heavy atom. The lowest BCUT2D eigenvalue weighted by molar-refractivity contribution is 0.814. The molecule has 0 aliphatic rings. The van der Waals surface area contributed by atoms with Crippen LogP contribution in [0, 0.1) is 0 Å². The van der Waals surface area contributed by atoms with Crippen LogP contribution in [-0.4, -0.2) is 13.1 Å². The second-order valence-electron chi connectivity index (χ2n) is 3.52. The Bertz CT molecular complexity index is 346. The molecule has 1 N–H and O–H groups in total. The van der Waals surface area contributed by atoms with Crippen LogP contribution in [0.2, 0.25) is 0 Å². The minimum Gasteiger partial charge on any atom is -0.308 e. The molecule has 16 heavy (non-hydrogen) atoms. The maximum Gasteiger partial charge on any atom is 0.0268 e. The molecule has 88 valence electrons. The van der Waals surface area contributed by atoms with Gasteiger partial charge in [0.05, 0.1) is 0 Å². The van der Waals surface area contributed by atoms with Crippen LogP contribution in [0.3, 0.4) is 0 Å². The molecule has 0 aliphatic heterocycles. The van der Waals surface area contributed by atoms with E-state index >= 15 is 0 Å². The summed E-state index contributed by atoms with van der Waals surface area (Å²) in [6.07, 6.45) is 2.18. The zero-order valence-corrected chi connectivity index (χ0v) is 11.8. The summed E-state index contributed by atoms with van der Waals surface area (Å²) in [6.45, 7) is 7.59. The summed E-state index contributed by atoms with van der Waals surface area (Å²) < 4.78 is 0.981. The van der Waals surface area contributed by atoms with Crippen molar-refractivity contribution in [2.24, 2.45) is 0 Å². The van der Waals surface area contributed by atoms with Crippen molar-refractivity contribution in [3.63, 3.8) is 0 Å². The van der Waals surface area contributed by atoms with Gasteiger partial charge in [0.1, 0.15) is 0 Å². The minimum atomic E-state index is 0. The SMILES string of the molecule is C=C(Br)CNC/C(C)=C\c1ccccc1.Cl. The molecular formula is C13H17BrClN. The van der Waals surface area contributed by atoms with Crippen LogP contribution in [0.15, 0.2) is 47.0 Å². The maximum atomic E-state index is 3.77. The van der Waals surface area contributed by atoms with Gasteiger partial charge in [0.25, 0.3) is 0 Å². The second kappa shape index (κ2) is 8.57. The van der Waals surface area contributed by atoms with Crippen molar-refractivity contribution in [3.05, 3.63) is 52.5 Å². The highest BCUT2D eigenvalue weighted by Gasteiger charge is 1.92. The first kappa shape index (κ1) is 15.4. The molecule has 0 heterocycles. The van der Waals surface area contributed by atoms with Crippen molar-refractivity contribution in [3.8, 4) is 0 Å². The highest BCUT2D eigenvalue weighted by atomic mass is 79.9. The Morgan fingerprint density at radius 2 is 1.94 bits per heavy atom. The molecule has 1 rings (SSSR count). The molecule has 0 bridgehead atoms. The van der Waals surface area contributed by atoms with Gasteiger partial charge in [0.15, 0.2) is 0 Å². The van der Waals surface area contributed by atoms with Crippen LogP contribution in [0.1, 0.15) is 12.5 Å². The van der Waals surface area contributed by atoms with Crippen molar-refractivity contribution >= 4 is 34.4 Å². The largest absolute Gasteiger partial charge is 0.308 e. The molecule has 0 fully saturated rings. The van der Waals surface area contributed by atoms with Crippen molar-refractivity contribution in [2.45, 2.75) is 6.92 Å². The maximum absolute atomic E-state index is 3.77. The van der Waals surface area contributed by atoms with E-state index in [-0.39, 0.29) is 12.4 Å². The molecule has 0 radical (unpaired) electrons. The third-order valence-electron chi connectivity index (χ3n) is 1.93. The number of hydrogen-bond donors (Lipinski definition) is 1. The van der Waals surface area contributed by atoms with Crippen LogP contribution in [0.5, 0.6) is 0 Å². The molecule has 0 unspecified atom stereocenters. The van der Waals surface area contributed by atoms with Crippen molar-refractivity contribution < 1.29 is 0 Å². The highest BCUT2D eigenvalue weighted by Crippen LogP contribution is 2.05. The second-order valence-corrected chi connectivity index (χ2v) is 4.64. The van der Waals surface area contributed by atoms with Gasteiger partial charge in [-0.2, -0.15) is 0 Å². The number of hydrogen-bond acceptors (Lipinski definition) is 1. The molecule has 3 heteroatoms. The summed E-state index contributed by atoms with van der Waals surface area (Å²) >= 11 is 3.31. The van der Waals surface area contributed by atoms with Gasteiger partial charge in [0.2, 0.25) is 0 Å². The van der Waals surface area contributed by atoms with E-state index in [1.165, 1.54) is 11.1 Å². The van der Waals surface area contributed by atoms with E-state index in [2.05, 4.69) is 53.0 Å². The average molecular weight is 303 g/mol. The normalized spacial score (nSPS) is 10.8. The van der Waals surface area contributed by atoms with E-state index in [9.17, 15) is 0 Å². The third-order valence-corrected chi connectivity index (χ3v) is 2.21. The molecule has 0 atom stereocenters. The smallest absolute Gasteiger partial charge is 0.0268 e. The molecule has 1 nitrogen and oxygen atoms in total. The predicted molar refractivity (Wildman–Crippen MR) is 78.3 cm³/mol. The molecule has 0 aromatic heterocycles. The topological polar surface area (TPSA) is 12.0 Å². The fourth-order valence-electron chi connectivity index (χ4n) is 1.28. The van der Waals surface area contributed by atoms with Gasteiger partial charge in [-0.05, 0) is 12.5 Å². The molecular weight excluding hydrogens is 286 g/mol. The van der Waals surface area contributed by atoms with Gasteiger partial charge < -0.3 is 5.32 Å². The number of nitrogens with one attached hydrogen (secondary N) is 1. The Labute approximate surface area is 112 Å². The zero-order chi connectivity index (χ0) is 11.1. The molecule has 1 aromatic rings. The summed E-state index contributed by atoms with van der Waals surface area (Å²) in [6, 6.07) is 10.3. The molecule has 0 amide bonds. The average Bonchev–Trinajstić information content (AvgIpc) is 2.18. The van der Waals surface area contributed by atoms with Gasteiger partial charge in [-0.3, -0.25) is 0 Å². The lowest BCUT2D eigenvalue weighted by Gasteiger charge is -2.03. The fourth-order valence-corrected chi connectivity index (χ4v) is 1.48. The Morgan fingerprint density at radius 1 is 1.31 bits per heavy atom. The molecule has 0 spiro atoms. The van der Waals surface area contributed by atoms with E-state index in [1.54, 1.807) is 0 Å². The Kier molecular flexibility index (Phi) is 8.26. The van der Waals surface area contributed by atoms with Crippen molar-refractivity contribution in [2.75, 3.05) is 13.1 Å². The van der Waals surface area contributed by atoms with Gasteiger partial charge in [-0.25, -0.2) is 0 Å². The van der Waals surface area contributed by atoms with E-state index in [4.69, 9.17) is 0 Å². The van der Waals surface area contributed by atoms with Crippen LogP contribution < -0.4 is 5.32 Å². The third kappa shape index (κ3) is 6.83. The van der Waals surface area contributed by atoms with Crippen LogP contribution in [-0.2, 0) is 0 Å². The fraction of sp³-hybridized carbons (Fsp3) is 0.231. The standard InChI is InChI=1S/C13H16BrN.ClH/c1-11(9-15-10-12(2)14)8-13-6-4-3-5-7-13;/h3-8,15H,2,9-10H2,1H3;1H/b11-8-;. The first-order valence-corrected chi connectivity index (χ1v) is 5.74. The number of benzene rings is 1. The Hall–Kier alpha value is -0.570. The van der Waals surface area contributed by atoms with Crippen LogP contribution in [0.25, 0.3) is 6.08 Å². The summed E-state index contributed by atoms with van der Waals surface area (Å²) in [5, 5.41) is 3.29.